The van der Waals surface area contributed by atoms with E-state index in [0.717, 1.165) is 43.5 Å². The maximum Gasteiger partial charge on any atom is 0.139 e. The van der Waals surface area contributed by atoms with Gasteiger partial charge in [-0.2, -0.15) is 0 Å². The van der Waals surface area contributed by atoms with E-state index < -0.39 is 0 Å². The van der Waals surface area contributed by atoms with Crippen LogP contribution in [-0.2, 0) is 0 Å². The lowest BCUT2D eigenvalue weighted by molar-refractivity contribution is 1.24. The number of hydrogen-bond acceptors (Lipinski definition) is 2. The van der Waals surface area contributed by atoms with Crippen LogP contribution >= 0.6 is 15.9 Å². The summed E-state index contributed by atoms with van der Waals surface area (Å²) in [5.41, 5.74) is 5.06. The van der Waals surface area contributed by atoms with E-state index in [2.05, 4.69) is 38.0 Å². The highest BCUT2D eigenvalue weighted by Crippen LogP contribution is 2.29. The van der Waals surface area contributed by atoms with E-state index in [4.69, 9.17) is 4.98 Å². The van der Waals surface area contributed by atoms with Gasteiger partial charge in [-0.3, -0.25) is 4.98 Å². The molecule has 102 valence electrons. The molecule has 0 aliphatic heterocycles. The normalized spacial score (nSPS) is 11.3. The smallest absolute Gasteiger partial charge is 0.139 e. The fraction of sp³-hybridized carbons (Fsp3) is 0.0588. The molecule has 0 unspecified atom stereocenters. The first-order valence-corrected chi connectivity index (χ1v) is 7.52. The number of halogens is 1. The Morgan fingerprint density at radius 3 is 2.71 bits per heavy atom. The molecule has 0 fully saturated rings. The molecule has 0 radical (unpaired) electrons. The standard InChI is InChI=1S/C17H12BrN3/c1-10-8-13(12-4-2-3-5-14(12)19-10)17-20-15-7-6-11(18)9-16(15)21-17/h2-9H,1H3,(H,20,21). The van der Waals surface area contributed by atoms with E-state index in [9.17, 15) is 0 Å². The van der Waals surface area contributed by atoms with E-state index in [1.165, 1.54) is 0 Å². The molecule has 0 saturated carbocycles. The fourth-order valence-electron chi connectivity index (χ4n) is 2.61. The number of rotatable bonds is 1. The third kappa shape index (κ3) is 2.12. The number of benzene rings is 2. The highest BCUT2D eigenvalue weighted by Gasteiger charge is 2.10. The van der Waals surface area contributed by atoms with E-state index in [1.54, 1.807) is 0 Å². The Hall–Kier alpha value is -2.20. The minimum atomic E-state index is 0.879. The molecule has 1 N–H and O–H groups in total. The van der Waals surface area contributed by atoms with Gasteiger partial charge in [0.15, 0.2) is 0 Å². The van der Waals surface area contributed by atoms with Crippen molar-refractivity contribution in [1.82, 2.24) is 15.0 Å². The Morgan fingerprint density at radius 2 is 1.81 bits per heavy atom. The van der Waals surface area contributed by atoms with E-state index in [1.807, 2.05) is 43.3 Å². The molecule has 2 aromatic carbocycles. The van der Waals surface area contributed by atoms with Gasteiger partial charge in [0.25, 0.3) is 0 Å². The Balaban J connectivity index is 2.03. The van der Waals surface area contributed by atoms with Crippen LogP contribution < -0.4 is 0 Å². The monoisotopic (exact) mass is 337 g/mol. The Morgan fingerprint density at radius 1 is 0.952 bits per heavy atom. The van der Waals surface area contributed by atoms with Crippen LogP contribution in [0.1, 0.15) is 5.69 Å². The van der Waals surface area contributed by atoms with Crippen LogP contribution in [0.3, 0.4) is 0 Å². The van der Waals surface area contributed by atoms with Crippen molar-refractivity contribution in [3.8, 4) is 11.4 Å². The molecule has 0 amide bonds. The third-order valence-corrected chi connectivity index (χ3v) is 4.04. The molecule has 0 spiro atoms. The number of aryl methyl sites for hydroxylation is 1. The maximum atomic E-state index is 4.71. The van der Waals surface area contributed by atoms with Gasteiger partial charge >= 0.3 is 0 Å². The van der Waals surface area contributed by atoms with Crippen LogP contribution in [0.4, 0.5) is 0 Å². The summed E-state index contributed by atoms with van der Waals surface area (Å²) in [6.45, 7) is 2.01. The lowest BCUT2D eigenvalue weighted by Crippen LogP contribution is -1.89. The van der Waals surface area contributed by atoms with E-state index in [-0.39, 0.29) is 0 Å². The number of hydrogen-bond donors (Lipinski definition) is 1. The molecular weight excluding hydrogens is 326 g/mol. The number of nitrogens with one attached hydrogen (secondary N) is 1. The van der Waals surface area contributed by atoms with Gasteiger partial charge in [-0.15, -0.1) is 0 Å². The lowest BCUT2D eigenvalue weighted by atomic mass is 10.1. The summed E-state index contributed by atoms with van der Waals surface area (Å²) in [4.78, 5) is 12.7. The van der Waals surface area contributed by atoms with Crippen molar-refractivity contribution < 1.29 is 0 Å². The second kappa shape index (κ2) is 4.67. The van der Waals surface area contributed by atoms with Crippen molar-refractivity contribution in [3.63, 3.8) is 0 Å². The quantitative estimate of drug-likeness (QED) is 0.539. The Bertz CT molecular complexity index is 972. The van der Waals surface area contributed by atoms with Crippen LogP contribution in [0, 0.1) is 6.92 Å². The molecule has 0 atom stereocenters. The molecule has 2 heterocycles. The van der Waals surface area contributed by atoms with Crippen molar-refractivity contribution in [1.29, 1.82) is 0 Å². The highest BCUT2D eigenvalue weighted by molar-refractivity contribution is 9.10. The molecule has 0 aliphatic rings. The van der Waals surface area contributed by atoms with Gasteiger partial charge in [0.2, 0.25) is 0 Å². The zero-order valence-electron chi connectivity index (χ0n) is 11.4. The summed E-state index contributed by atoms with van der Waals surface area (Å²) in [7, 11) is 0. The number of H-pyrrole nitrogens is 1. The molecule has 21 heavy (non-hydrogen) atoms. The number of para-hydroxylation sites is 1. The molecule has 4 rings (SSSR count). The third-order valence-electron chi connectivity index (χ3n) is 3.54. The lowest BCUT2D eigenvalue weighted by Gasteiger charge is -2.05. The number of pyridine rings is 1. The second-order valence-electron chi connectivity index (χ2n) is 5.08. The van der Waals surface area contributed by atoms with E-state index in [0.29, 0.717) is 0 Å². The number of nitrogens with zero attached hydrogens (tertiary/aromatic N) is 2. The summed E-state index contributed by atoms with van der Waals surface area (Å²) in [6.07, 6.45) is 0. The average molecular weight is 338 g/mol. The van der Waals surface area contributed by atoms with Crippen LogP contribution in [0.2, 0.25) is 0 Å². The Kier molecular flexibility index (Phi) is 2.79. The largest absolute Gasteiger partial charge is 0.338 e. The Labute approximate surface area is 130 Å². The minimum absolute atomic E-state index is 0.879. The van der Waals surface area contributed by atoms with Crippen molar-refractivity contribution >= 4 is 37.9 Å². The molecule has 3 nitrogen and oxygen atoms in total. The predicted octanol–water partition coefficient (Wildman–Crippen LogP) is 4.85. The molecule has 0 aliphatic carbocycles. The number of aromatic amines is 1. The summed E-state index contributed by atoms with van der Waals surface area (Å²) in [6, 6.07) is 16.3. The summed E-state index contributed by atoms with van der Waals surface area (Å²) < 4.78 is 1.04. The van der Waals surface area contributed by atoms with Crippen LogP contribution in [0.5, 0.6) is 0 Å². The van der Waals surface area contributed by atoms with Gasteiger partial charge in [-0.1, -0.05) is 34.1 Å². The van der Waals surface area contributed by atoms with Gasteiger partial charge in [0.05, 0.1) is 16.6 Å². The molecule has 4 aromatic rings. The molecular formula is C17H12BrN3. The SMILES string of the molecule is Cc1cc(-c2nc3ccc(Br)cc3[nH]2)c2ccccc2n1. The first-order chi connectivity index (χ1) is 10.2. The topological polar surface area (TPSA) is 41.6 Å². The number of fused-ring (bicyclic) bond motifs is 2. The first-order valence-electron chi connectivity index (χ1n) is 6.73. The minimum Gasteiger partial charge on any atom is -0.338 e. The van der Waals surface area contributed by atoms with Gasteiger partial charge in [-0.25, -0.2) is 4.98 Å². The first kappa shape index (κ1) is 12.5. The van der Waals surface area contributed by atoms with Gasteiger partial charge in [0.1, 0.15) is 5.82 Å². The summed E-state index contributed by atoms with van der Waals surface area (Å²) in [5, 5.41) is 1.11. The molecule has 2 aromatic heterocycles. The predicted molar refractivity (Wildman–Crippen MR) is 89.3 cm³/mol. The average Bonchev–Trinajstić information content (AvgIpc) is 2.89. The molecule has 0 bridgehead atoms. The zero-order chi connectivity index (χ0) is 14.4. The maximum absolute atomic E-state index is 4.71. The van der Waals surface area contributed by atoms with Crippen LogP contribution in [-0.4, -0.2) is 15.0 Å². The van der Waals surface area contributed by atoms with Crippen LogP contribution in [0.25, 0.3) is 33.3 Å². The zero-order valence-corrected chi connectivity index (χ0v) is 13.0. The van der Waals surface area contributed by atoms with Gasteiger partial charge in [0, 0.05) is 21.1 Å². The number of imidazole rings is 1. The number of aromatic nitrogens is 3. The molecule has 0 saturated heterocycles. The fourth-order valence-corrected chi connectivity index (χ4v) is 2.97. The van der Waals surface area contributed by atoms with Crippen molar-refractivity contribution in [2.75, 3.05) is 0 Å². The highest BCUT2D eigenvalue weighted by atomic mass is 79.9. The van der Waals surface area contributed by atoms with Crippen LogP contribution in [0.15, 0.2) is 53.0 Å². The molecule has 4 heteroatoms. The van der Waals surface area contributed by atoms with Gasteiger partial charge in [-0.05, 0) is 37.3 Å². The second-order valence-corrected chi connectivity index (χ2v) is 5.99. The van der Waals surface area contributed by atoms with Crippen molar-refractivity contribution in [2.24, 2.45) is 0 Å². The summed E-state index contributed by atoms with van der Waals surface area (Å²) in [5.74, 6) is 0.879. The summed E-state index contributed by atoms with van der Waals surface area (Å²) >= 11 is 3.49. The van der Waals surface area contributed by atoms with Gasteiger partial charge < -0.3 is 4.98 Å². The van der Waals surface area contributed by atoms with Crippen molar-refractivity contribution in [3.05, 3.63) is 58.7 Å². The van der Waals surface area contributed by atoms with E-state index >= 15 is 0 Å². The van der Waals surface area contributed by atoms with Crippen molar-refractivity contribution in [2.45, 2.75) is 6.92 Å².